The highest BCUT2D eigenvalue weighted by molar-refractivity contribution is 5.85. The topological polar surface area (TPSA) is 34.6 Å². The van der Waals surface area contributed by atoms with Crippen molar-refractivity contribution in [3.05, 3.63) is 59.8 Å². The summed E-state index contributed by atoms with van der Waals surface area (Å²) in [6, 6.07) is 8.69. The van der Waals surface area contributed by atoms with Crippen molar-refractivity contribution in [2.45, 2.75) is 144 Å². The van der Waals surface area contributed by atoms with Crippen LogP contribution in [0.1, 0.15) is 130 Å². The first-order chi connectivity index (χ1) is 19.5. The lowest BCUT2D eigenvalue weighted by Gasteiger charge is -2.07. The summed E-state index contributed by atoms with van der Waals surface area (Å²) < 4.78 is 4.63. The van der Waals surface area contributed by atoms with Crippen LogP contribution in [-0.2, 0) is 13.1 Å². The zero-order chi connectivity index (χ0) is 28.7. The molecule has 242 valence electrons. The zero-order valence-corrected chi connectivity index (χ0v) is 29.2. The molecule has 0 bridgehead atoms. The number of nitrogens with zero attached hydrogens (tertiary/aromatic N) is 4. The van der Waals surface area contributed by atoms with Gasteiger partial charge in [-0.1, -0.05) is 105 Å². The van der Waals surface area contributed by atoms with E-state index in [4.69, 9.17) is 9.98 Å². The van der Waals surface area contributed by atoms with Gasteiger partial charge in [0, 0.05) is 51.0 Å². The number of aromatic nitrogens is 2. The summed E-state index contributed by atoms with van der Waals surface area (Å²) in [5, 5.41) is 2.26. The van der Waals surface area contributed by atoms with Crippen LogP contribution in [0.25, 0.3) is 0 Å². The van der Waals surface area contributed by atoms with Crippen molar-refractivity contribution in [3.63, 3.8) is 0 Å². The molecule has 0 saturated carbocycles. The molecule has 0 unspecified atom stereocenters. The molecule has 0 aliphatic heterocycles. The first kappa shape index (κ1) is 40.5. The average molecular weight is 624 g/mol. The Morgan fingerprint density at radius 3 is 1.10 bits per heavy atom. The summed E-state index contributed by atoms with van der Waals surface area (Å²) in [6.07, 6.45) is 29.9. The van der Waals surface area contributed by atoms with Crippen LogP contribution >= 0.6 is 24.8 Å². The Labute approximate surface area is 271 Å². The maximum absolute atomic E-state index is 4.74. The van der Waals surface area contributed by atoms with Gasteiger partial charge in [0.05, 0.1) is 10.7 Å². The minimum atomic E-state index is 0. The third-order valence-corrected chi connectivity index (χ3v) is 7.80. The van der Waals surface area contributed by atoms with Gasteiger partial charge < -0.3 is 9.13 Å². The van der Waals surface area contributed by atoms with E-state index in [1.807, 2.05) is 0 Å². The third kappa shape index (κ3) is 22.1. The van der Waals surface area contributed by atoms with Gasteiger partial charge in [0.1, 0.15) is 0 Å². The number of halogens is 2. The summed E-state index contributed by atoms with van der Waals surface area (Å²) in [7, 11) is 0. The van der Waals surface area contributed by atoms with E-state index in [0.29, 0.717) is 0 Å². The lowest BCUT2D eigenvalue weighted by molar-refractivity contribution is 0.524. The van der Waals surface area contributed by atoms with Crippen molar-refractivity contribution in [3.8, 4) is 0 Å². The average Bonchev–Trinajstić information content (AvgIpc) is 2.94. The SMILES string of the molecule is CC(C)CCCCCN=c1ccn(CCCCCCCCCCn2ccc(=NCCCCCC(C)C)cc2)cc1.Cl.Cl. The predicted octanol–water partition coefficient (Wildman–Crippen LogP) is 10.2. The van der Waals surface area contributed by atoms with E-state index in [0.717, 1.165) is 48.7 Å². The molecule has 2 aromatic heterocycles. The molecule has 0 spiro atoms. The lowest BCUT2D eigenvalue weighted by Crippen LogP contribution is -2.06. The molecular formula is C36H64Cl2N4. The van der Waals surface area contributed by atoms with Gasteiger partial charge in [0.15, 0.2) is 0 Å². The molecule has 0 radical (unpaired) electrons. The first-order valence-electron chi connectivity index (χ1n) is 16.9. The molecule has 2 rings (SSSR count). The van der Waals surface area contributed by atoms with Crippen LogP contribution in [0.2, 0.25) is 0 Å². The number of unbranched alkanes of at least 4 members (excludes halogenated alkanes) is 11. The second kappa shape index (κ2) is 27.1. The summed E-state index contributed by atoms with van der Waals surface area (Å²) in [5.41, 5.74) is 0. The van der Waals surface area contributed by atoms with E-state index in [-0.39, 0.29) is 24.8 Å². The van der Waals surface area contributed by atoms with E-state index >= 15 is 0 Å². The van der Waals surface area contributed by atoms with E-state index in [2.05, 4.69) is 85.9 Å². The number of rotatable bonds is 23. The Hall–Kier alpha value is -1.52. The van der Waals surface area contributed by atoms with E-state index in [1.54, 1.807) is 0 Å². The van der Waals surface area contributed by atoms with Gasteiger partial charge in [-0.2, -0.15) is 0 Å². The quantitative estimate of drug-likeness (QED) is 0.110. The van der Waals surface area contributed by atoms with Gasteiger partial charge >= 0.3 is 0 Å². The summed E-state index contributed by atoms with van der Waals surface area (Å²) in [5.74, 6) is 1.65. The predicted molar refractivity (Wildman–Crippen MR) is 188 cm³/mol. The molecule has 42 heavy (non-hydrogen) atoms. The zero-order valence-electron chi connectivity index (χ0n) is 27.5. The largest absolute Gasteiger partial charge is 0.354 e. The van der Waals surface area contributed by atoms with E-state index in [1.165, 1.54) is 103 Å². The summed E-state index contributed by atoms with van der Waals surface area (Å²) in [6.45, 7) is 13.4. The highest BCUT2D eigenvalue weighted by Crippen LogP contribution is 2.11. The van der Waals surface area contributed by atoms with Gasteiger partial charge in [0.2, 0.25) is 0 Å². The van der Waals surface area contributed by atoms with Crippen LogP contribution in [0, 0.1) is 11.8 Å². The van der Waals surface area contributed by atoms with Crippen molar-refractivity contribution in [2.24, 2.45) is 21.8 Å². The molecule has 0 N–H and O–H groups in total. The second-order valence-electron chi connectivity index (χ2n) is 12.7. The Morgan fingerprint density at radius 2 is 0.762 bits per heavy atom. The normalized spacial score (nSPS) is 10.9. The molecule has 0 fully saturated rings. The van der Waals surface area contributed by atoms with Crippen LogP contribution in [0.4, 0.5) is 0 Å². The standard InChI is InChI=1S/C36H62N4.2ClH/c1-33(2)19-13-11-15-25-37-35-21-29-39(30-22-35)27-17-9-7-5-6-8-10-18-28-40-31-23-36(24-32-40)38-26-16-12-14-20-34(3)4;;/h21-24,29-34H,5-20,25-28H2,1-4H3;2*1H. The minimum absolute atomic E-state index is 0. The maximum Gasteiger partial charge on any atom is 0.0603 e. The smallest absolute Gasteiger partial charge is 0.0603 e. The van der Waals surface area contributed by atoms with Gasteiger partial charge in [-0.05, 0) is 61.8 Å². The molecule has 0 atom stereocenters. The highest BCUT2D eigenvalue weighted by atomic mass is 35.5. The monoisotopic (exact) mass is 622 g/mol. The molecule has 2 heterocycles. The lowest BCUT2D eigenvalue weighted by atomic mass is 10.1. The van der Waals surface area contributed by atoms with Crippen molar-refractivity contribution < 1.29 is 0 Å². The van der Waals surface area contributed by atoms with Crippen molar-refractivity contribution in [1.82, 2.24) is 9.13 Å². The number of hydrogen-bond donors (Lipinski definition) is 0. The molecule has 0 saturated heterocycles. The van der Waals surface area contributed by atoms with Crippen LogP contribution < -0.4 is 10.7 Å². The van der Waals surface area contributed by atoms with Gasteiger partial charge in [-0.25, -0.2) is 0 Å². The highest BCUT2D eigenvalue weighted by Gasteiger charge is 1.97. The fraction of sp³-hybridized carbons (Fsp3) is 0.722. The Kier molecular flexibility index (Phi) is 26.1. The van der Waals surface area contributed by atoms with Crippen LogP contribution in [0.15, 0.2) is 59.0 Å². The summed E-state index contributed by atoms with van der Waals surface area (Å²) >= 11 is 0. The number of aryl methyl sites for hydroxylation is 2. The van der Waals surface area contributed by atoms with Gasteiger partial charge in [-0.3, -0.25) is 9.98 Å². The Balaban J connectivity index is 0.00000840. The van der Waals surface area contributed by atoms with Crippen molar-refractivity contribution >= 4 is 24.8 Å². The maximum atomic E-state index is 4.74. The molecule has 0 aromatic carbocycles. The molecule has 0 amide bonds. The fourth-order valence-electron chi connectivity index (χ4n) is 5.16. The van der Waals surface area contributed by atoms with Crippen molar-refractivity contribution in [2.75, 3.05) is 13.1 Å². The molecular weight excluding hydrogens is 559 g/mol. The molecule has 6 heteroatoms. The fourth-order valence-corrected chi connectivity index (χ4v) is 5.16. The van der Waals surface area contributed by atoms with E-state index in [9.17, 15) is 0 Å². The molecule has 4 nitrogen and oxygen atoms in total. The Bertz CT molecular complexity index is 887. The summed E-state index contributed by atoms with van der Waals surface area (Å²) in [4.78, 5) is 9.48. The third-order valence-electron chi connectivity index (χ3n) is 7.80. The van der Waals surface area contributed by atoms with Crippen LogP contribution in [0.5, 0.6) is 0 Å². The number of hydrogen-bond acceptors (Lipinski definition) is 2. The number of pyridine rings is 2. The van der Waals surface area contributed by atoms with E-state index < -0.39 is 0 Å². The minimum Gasteiger partial charge on any atom is -0.354 e. The molecule has 0 aliphatic carbocycles. The van der Waals surface area contributed by atoms with Gasteiger partial charge in [0.25, 0.3) is 0 Å². The van der Waals surface area contributed by atoms with Crippen LogP contribution in [-0.4, -0.2) is 22.2 Å². The molecule has 0 aliphatic rings. The van der Waals surface area contributed by atoms with Gasteiger partial charge in [-0.15, -0.1) is 24.8 Å². The second-order valence-corrected chi connectivity index (χ2v) is 12.7. The van der Waals surface area contributed by atoms with Crippen LogP contribution in [0.3, 0.4) is 0 Å². The molecule has 2 aromatic rings. The van der Waals surface area contributed by atoms with Crippen molar-refractivity contribution in [1.29, 1.82) is 0 Å². The Morgan fingerprint density at radius 1 is 0.452 bits per heavy atom. The first-order valence-corrected chi connectivity index (χ1v) is 16.9.